The molecule has 0 amide bonds. The topological polar surface area (TPSA) is 52.1 Å². The monoisotopic (exact) mass is 376 g/mol. The van der Waals surface area contributed by atoms with Gasteiger partial charge in [0.15, 0.2) is 5.78 Å². The van der Waals surface area contributed by atoms with Gasteiger partial charge in [-0.15, -0.1) is 0 Å². The molecular formula is C23H21FN2O2. The summed E-state index contributed by atoms with van der Waals surface area (Å²) in [6.45, 7) is 3.55. The van der Waals surface area contributed by atoms with Crippen LogP contribution in [-0.2, 0) is 6.42 Å². The summed E-state index contributed by atoms with van der Waals surface area (Å²) < 4.78 is 18.8. The Labute approximate surface area is 163 Å². The second-order valence-corrected chi connectivity index (χ2v) is 6.36. The Bertz CT molecular complexity index is 1010. The molecule has 0 aliphatic rings. The van der Waals surface area contributed by atoms with E-state index in [-0.39, 0.29) is 12.2 Å². The third-order valence-corrected chi connectivity index (χ3v) is 4.62. The number of Topliss-reactive ketones (excluding diaryl/α,β-unsaturated/α-hetero) is 1. The van der Waals surface area contributed by atoms with E-state index in [2.05, 4.69) is 9.97 Å². The lowest BCUT2D eigenvalue weighted by Crippen LogP contribution is -2.09. The minimum Gasteiger partial charge on any atom is -0.497 e. The fourth-order valence-corrected chi connectivity index (χ4v) is 3.00. The Morgan fingerprint density at radius 3 is 2.39 bits per heavy atom. The summed E-state index contributed by atoms with van der Waals surface area (Å²) in [5.41, 5.74) is 4.27. The van der Waals surface area contributed by atoms with Gasteiger partial charge in [0.2, 0.25) is 0 Å². The molecule has 0 aliphatic heterocycles. The molecule has 0 bridgehead atoms. The predicted molar refractivity (Wildman–Crippen MR) is 107 cm³/mol. The van der Waals surface area contributed by atoms with Gasteiger partial charge < -0.3 is 4.74 Å². The second-order valence-electron chi connectivity index (χ2n) is 6.36. The summed E-state index contributed by atoms with van der Waals surface area (Å²) in [6.07, 6.45) is 6.37. The van der Waals surface area contributed by atoms with Gasteiger partial charge in [0.05, 0.1) is 19.7 Å². The van der Waals surface area contributed by atoms with Gasteiger partial charge in [0.25, 0.3) is 0 Å². The van der Waals surface area contributed by atoms with Gasteiger partial charge in [-0.25, -0.2) is 4.39 Å². The number of allylic oxidation sites excluding steroid dienone is 1. The number of carbonyl (C=O) groups excluding carboxylic acids is 1. The number of pyridine rings is 2. The molecular weight excluding hydrogens is 355 g/mol. The average Bonchev–Trinajstić information content (AvgIpc) is 2.72. The first-order valence-corrected chi connectivity index (χ1v) is 8.92. The van der Waals surface area contributed by atoms with E-state index in [0.29, 0.717) is 16.8 Å². The Kier molecular flexibility index (Phi) is 5.94. The molecule has 3 aromatic rings. The van der Waals surface area contributed by atoms with Crippen molar-refractivity contribution < 1.29 is 13.9 Å². The molecule has 1 aromatic carbocycles. The molecule has 142 valence electrons. The first-order chi connectivity index (χ1) is 13.5. The van der Waals surface area contributed by atoms with Crippen LogP contribution in [0.1, 0.15) is 39.7 Å². The van der Waals surface area contributed by atoms with Crippen LogP contribution >= 0.6 is 0 Å². The van der Waals surface area contributed by atoms with Crippen molar-refractivity contribution in [2.24, 2.45) is 0 Å². The molecule has 2 heterocycles. The Balaban J connectivity index is 1.78. The van der Waals surface area contributed by atoms with E-state index in [1.807, 2.05) is 49.4 Å². The predicted octanol–water partition coefficient (Wildman–Crippen LogP) is 4.81. The maximum absolute atomic E-state index is 13.6. The number of benzene rings is 1. The van der Waals surface area contributed by atoms with Crippen LogP contribution in [0.15, 0.2) is 61.1 Å². The Morgan fingerprint density at radius 2 is 1.79 bits per heavy atom. The zero-order valence-corrected chi connectivity index (χ0v) is 16.1. The smallest absolute Gasteiger partial charge is 0.170 e. The fourth-order valence-electron chi connectivity index (χ4n) is 3.00. The highest BCUT2D eigenvalue weighted by molar-refractivity contribution is 5.98. The van der Waals surface area contributed by atoms with Crippen LogP contribution in [0.25, 0.3) is 5.57 Å². The molecule has 0 aliphatic carbocycles. The highest BCUT2D eigenvalue weighted by Gasteiger charge is 2.14. The lowest BCUT2D eigenvalue weighted by Gasteiger charge is -2.10. The maximum Gasteiger partial charge on any atom is 0.170 e. The van der Waals surface area contributed by atoms with E-state index < -0.39 is 5.82 Å². The van der Waals surface area contributed by atoms with E-state index in [1.54, 1.807) is 20.2 Å². The Morgan fingerprint density at radius 1 is 1.07 bits per heavy atom. The maximum atomic E-state index is 13.6. The number of aromatic nitrogens is 2. The second kappa shape index (κ2) is 8.57. The Hall–Kier alpha value is -3.34. The van der Waals surface area contributed by atoms with Crippen LogP contribution in [0.2, 0.25) is 0 Å². The summed E-state index contributed by atoms with van der Waals surface area (Å²) in [5, 5.41) is 0. The number of rotatable bonds is 6. The van der Waals surface area contributed by atoms with Crippen LogP contribution in [0.3, 0.4) is 0 Å². The molecule has 0 radical (unpaired) electrons. The van der Waals surface area contributed by atoms with Crippen LogP contribution in [0.4, 0.5) is 4.39 Å². The summed E-state index contributed by atoms with van der Waals surface area (Å²) in [4.78, 5) is 20.7. The molecule has 0 atom stereocenters. The van der Waals surface area contributed by atoms with Crippen molar-refractivity contribution >= 4 is 11.4 Å². The van der Waals surface area contributed by atoms with Crippen LogP contribution in [0, 0.1) is 12.7 Å². The summed E-state index contributed by atoms with van der Waals surface area (Å²) >= 11 is 0. The molecule has 0 fully saturated rings. The minimum atomic E-state index is -0.480. The largest absolute Gasteiger partial charge is 0.497 e. The molecule has 3 rings (SSSR count). The van der Waals surface area contributed by atoms with E-state index in [1.165, 1.54) is 6.20 Å². The molecule has 5 heteroatoms. The number of hydrogen-bond acceptors (Lipinski definition) is 4. The SMILES string of the molecule is CC=C(c1ccc(OC)cc1)c1ccc(CC(=O)c2cncc(F)c2C)nc1. The van der Waals surface area contributed by atoms with Crippen molar-refractivity contribution in [1.82, 2.24) is 9.97 Å². The van der Waals surface area contributed by atoms with E-state index >= 15 is 0 Å². The number of nitrogens with zero attached hydrogens (tertiary/aromatic N) is 2. The highest BCUT2D eigenvalue weighted by Crippen LogP contribution is 2.25. The zero-order valence-electron chi connectivity index (χ0n) is 16.1. The van der Waals surface area contributed by atoms with Crippen LogP contribution < -0.4 is 4.74 Å². The summed E-state index contributed by atoms with van der Waals surface area (Å²) in [7, 11) is 1.64. The lowest BCUT2D eigenvalue weighted by atomic mass is 9.98. The van der Waals surface area contributed by atoms with Crippen molar-refractivity contribution in [3.05, 3.63) is 94.8 Å². The quantitative estimate of drug-likeness (QED) is 0.580. The molecule has 28 heavy (non-hydrogen) atoms. The molecule has 0 saturated carbocycles. The molecule has 0 unspecified atom stereocenters. The van der Waals surface area contributed by atoms with Gasteiger partial charge in [-0.1, -0.05) is 24.3 Å². The number of ether oxygens (including phenoxy) is 1. The van der Waals surface area contributed by atoms with Crippen molar-refractivity contribution in [3.63, 3.8) is 0 Å². The lowest BCUT2D eigenvalue weighted by molar-refractivity contribution is 0.0990. The zero-order chi connectivity index (χ0) is 20.1. The molecule has 0 saturated heterocycles. The number of hydrogen-bond donors (Lipinski definition) is 0. The average molecular weight is 376 g/mol. The van der Waals surface area contributed by atoms with E-state index in [4.69, 9.17) is 4.74 Å². The van der Waals surface area contributed by atoms with Crippen molar-refractivity contribution in [2.45, 2.75) is 20.3 Å². The van der Waals surface area contributed by atoms with Gasteiger partial charge >= 0.3 is 0 Å². The number of carbonyl (C=O) groups is 1. The van der Waals surface area contributed by atoms with Gasteiger partial charge in [-0.3, -0.25) is 14.8 Å². The van der Waals surface area contributed by atoms with Gasteiger partial charge in [0.1, 0.15) is 11.6 Å². The molecule has 0 N–H and O–H groups in total. The van der Waals surface area contributed by atoms with Crippen LogP contribution in [-0.4, -0.2) is 22.9 Å². The third kappa shape index (κ3) is 4.14. The molecule has 4 nitrogen and oxygen atoms in total. The van der Waals surface area contributed by atoms with Gasteiger partial charge in [-0.2, -0.15) is 0 Å². The van der Waals surface area contributed by atoms with E-state index in [9.17, 15) is 9.18 Å². The van der Waals surface area contributed by atoms with Crippen LogP contribution in [0.5, 0.6) is 5.75 Å². The summed E-state index contributed by atoms with van der Waals surface area (Å²) in [5.74, 6) is 0.117. The first kappa shape index (κ1) is 19.4. The first-order valence-electron chi connectivity index (χ1n) is 8.92. The number of halogens is 1. The minimum absolute atomic E-state index is 0.0972. The van der Waals surface area contributed by atoms with Gasteiger partial charge in [0, 0.05) is 29.2 Å². The highest BCUT2D eigenvalue weighted by atomic mass is 19.1. The summed E-state index contributed by atoms with van der Waals surface area (Å²) in [6, 6.07) is 11.6. The molecule has 2 aromatic heterocycles. The molecule has 0 spiro atoms. The number of methoxy groups -OCH3 is 1. The van der Waals surface area contributed by atoms with Crippen molar-refractivity contribution in [2.75, 3.05) is 7.11 Å². The normalized spacial score (nSPS) is 11.4. The van der Waals surface area contributed by atoms with E-state index in [0.717, 1.165) is 28.6 Å². The fraction of sp³-hybridized carbons (Fsp3) is 0.174. The van der Waals surface area contributed by atoms with Crippen molar-refractivity contribution in [1.29, 1.82) is 0 Å². The standard InChI is InChI=1S/C23H21FN2O2/c1-4-20(16-6-9-19(28-3)10-7-16)17-5-8-18(26-12-17)11-23(27)21-13-25-14-22(24)15(21)2/h4-10,12-14H,11H2,1-3H3. The van der Waals surface area contributed by atoms with Gasteiger partial charge in [-0.05, 0) is 48.7 Å². The van der Waals surface area contributed by atoms with Crippen molar-refractivity contribution in [3.8, 4) is 5.75 Å². The third-order valence-electron chi connectivity index (χ3n) is 4.62. The number of ketones is 1.